The molecule has 0 aromatic heterocycles. The molecule has 0 bridgehead atoms. The van der Waals surface area contributed by atoms with Crippen molar-refractivity contribution >= 4 is 17.9 Å². The van der Waals surface area contributed by atoms with E-state index in [0.717, 1.165) is 36.8 Å². The van der Waals surface area contributed by atoms with Gasteiger partial charge in [-0.2, -0.15) is 0 Å². The Balaban J connectivity index is 1.50. The summed E-state index contributed by atoms with van der Waals surface area (Å²) in [6.07, 6.45) is 3.97. The van der Waals surface area contributed by atoms with Crippen LogP contribution >= 0.6 is 0 Å². The molecule has 3 amide bonds. The maximum Gasteiger partial charge on any atom is 0.342 e. The second-order valence-electron chi connectivity index (χ2n) is 7.29. The van der Waals surface area contributed by atoms with Crippen molar-refractivity contribution in [2.75, 3.05) is 6.61 Å². The fourth-order valence-corrected chi connectivity index (χ4v) is 3.35. The van der Waals surface area contributed by atoms with Crippen LogP contribution in [0.2, 0.25) is 0 Å². The fraction of sp³-hybridized carbons (Fsp3) is 0.348. The van der Waals surface area contributed by atoms with Crippen LogP contribution in [0.3, 0.4) is 0 Å². The molecule has 2 aromatic carbocycles. The van der Waals surface area contributed by atoms with Gasteiger partial charge in [0.2, 0.25) is 0 Å². The normalized spacial score (nSPS) is 13.5. The molecule has 0 aliphatic heterocycles. The van der Waals surface area contributed by atoms with Crippen LogP contribution in [0.1, 0.15) is 47.2 Å². The summed E-state index contributed by atoms with van der Waals surface area (Å²) in [4.78, 5) is 36.2. The molecule has 0 saturated heterocycles. The molecular formula is C23H26N2O5. The van der Waals surface area contributed by atoms with E-state index in [1.165, 1.54) is 0 Å². The number of hydrogen-bond donors (Lipinski definition) is 2. The van der Waals surface area contributed by atoms with Gasteiger partial charge in [0.15, 0.2) is 6.61 Å². The Morgan fingerprint density at radius 3 is 2.47 bits per heavy atom. The molecule has 0 spiro atoms. The number of rotatable bonds is 7. The molecule has 0 atom stereocenters. The Kier molecular flexibility index (Phi) is 7.43. The molecule has 1 aliphatic carbocycles. The van der Waals surface area contributed by atoms with Crippen LogP contribution in [0.5, 0.6) is 5.75 Å². The third-order valence-corrected chi connectivity index (χ3v) is 5.03. The number of ether oxygens (including phenoxy) is 2. The molecule has 0 heterocycles. The zero-order chi connectivity index (χ0) is 21.3. The Morgan fingerprint density at radius 1 is 1.00 bits per heavy atom. The lowest BCUT2D eigenvalue weighted by Gasteiger charge is -2.13. The number of hydrogen-bond acceptors (Lipinski definition) is 5. The molecule has 3 rings (SSSR count). The quantitative estimate of drug-likeness (QED) is 0.682. The summed E-state index contributed by atoms with van der Waals surface area (Å²) in [7, 11) is 0. The standard InChI is InChI=1S/C23H26N2O5/c1-16-8-2-3-9-17(16)14-29-20-13-7-6-12-19(20)22(27)30-15-21(26)25-23(28)24-18-10-4-5-11-18/h2-3,6-9,12-13,18H,4-5,10-11,14-15H2,1H3,(H2,24,25,26,28). The van der Waals surface area contributed by atoms with E-state index in [9.17, 15) is 14.4 Å². The van der Waals surface area contributed by atoms with Gasteiger partial charge in [0, 0.05) is 6.04 Å². The second kappa shape index (κ2) is 10.4. The number of amides is 3. The predicted molar refractivity (Wildman–Crippen MR) is 111 cm³/mol. The smallest absolute Gasteiger partial charge is 0.342 e. The minimum absolute atomic E-state index is 0.0950. The third kappa shape index (κ3) is 6.07. The summed E-state index contributed by atoms with van der Waals surface area (Å²) < 4.78 is 10.9. The van der Waals surface area contributed by atoms with Gasteiger partial charge < -0.3 is 14.8 Å². The molecule has 7 heteroatoms. The van der Waals surface area contributed by atoms with Crippen LogP contribution < -0.4 is 15.4 Å². The van der Waals surface area contributed by atoms with Gasteiger partial charge in [-0.15, -0.1) is 0 Å². The SMILES string of the molecule is Cc1ccccc1COc1ccccc1C(=O)OCC(=O)NC(=O)NC1CCCC1. The van der Waals surface area contributed by atoms with E-state index in [1.807, 2.05) is 31.2 Å². The van der Waals surface area contributed by atoms with Gasteiger partial charge in [-0.1, -0.05) is 49.2 Å². The minimum Gasteiger partial charge on any atom is -0.488 e. The molecule has 30 heavy (non-hydrogen) atoms. The summed E-state index contributed by atoms with van der Waals surface area (Å²) in [5.41, 5.74) is 2.31. The first kappa shape index (κ1) is 21.4. The highest BCUT2D eigenvalue weighted by molar-refractivity contribution is 5.97. The predicted octanol–water partition coefficient (Wildman–Crippen LogP) is 3.50. The zero-order valence-electron chi connectivity index (χ0n) is 17.0. The maximum atomic E-state index is 12.4. The van der Waals surface area contributed by atoms with Crippen molar-refractivity contribution in [3.8, 4) is 5.75 Å². The first-order chi connectivity index (χ1) is 14.5. The van der Waals surface area contributed by atoms with Gasteiger partial charge in [-0.25, -0.2) is 9.59 Å². The molecule has 0 unspecified atom stereocenters. The van der Waals surface area contributed by atoms with E-state index in [0.29, 0.717) is 12.4 Å². The third-order valence-electron chi connectivity index (χ3n) is 5.03. The lowest BCUT2D eigenvalue weighted by atomic mass is 10.1. The van der Waals surface area contributed by atoms with Crippen LogP contribution in [0.15, 0.2) is 48.5 Å². The van der Waals surface area contributed by atoms with Crippen molar-refractivity contribution in [3.05, 3.63) is 65.2 Å². The van der Waals surface area contributed by atoms with Crippen LogP contribution in [0, 0.1) is 6.92 Å². The first-order valence-electron chi connectivity index (χ1n) is 10.1. The number of para-hydroxylation sites is 1. The van der Waals surface area contributed by atoms with Crippen molar-refractivity contribution in [2.45, 2.75) is 45.3 Å². The van der Waals surface area contributed by atoms with E-state index in [1.54, 1.807) is 24.3 Å². The van der Waals surface area contributed by atoms with Gasteiger partial charge in [0.25, 0.3) is 5.91 Å². The van der Waals surface area contributed by atoms with E-state index in [4.69, 9.17) is 9.47 Å². The summed E-state index contributed by atoms with van der Waals surface area (Å²) in [5.74, 6) is -1.01. The summed E-state index contributed by atoms with van der Waals surface area (Å²) in [5, 5.41) is 4.93. The Morgan fingerprint density at radius 2 is 1.70 bits per heavy atom. The number of carbonyl (C=O) groups excluding carboxylic acids is 3. The van der Waals surface area contributed by atoms with Crippen molar-refractivity contribution in [2.24, 2.45) is 0 Å². The minimum atomic E-state index is -0.693. The number of carbonyl (C=O) groups is 3. The van der Waals surface area contributed by atoms with Crippen molar-refractivity contribution < 1.29 is 23.9 Å². The van der Waals surface area contributed by atoms with E-state index < -0.39 is 24.5 Å². The Bertz CT molecular complexity index is 906. The van der Waals surface area contributed by atoms with Gasteiger partial charge in [-0.3, -0.25) is 10.1 Å². The first-order valence-corrected chi connectivity index (χ1v) is 10.1. The van der Waals surface area contributed by atoms with Crippen LogP contribution in [0.25, 0.3) is 0 Å². The lowest BCUT2D eigenvalue weighted by molar-refractivity contribution is -0.123. The molecule has 2 N–H and O–H groups in total. The highest BCUT2D eigenvalue weighted by Gasteiger charge is 2.19. The number of benzene rings is 2. The molecule has 1 aliphatic rings. The van der Waals surface area contributed by atoms with Gasteiger partial charge in [-0.05, 0) is 43.0 Å². The largest absolute Gasteiger partial charge is 0.488 e. The molecule has 0 radical (unpaired) electrons. The summed E-state index contributed by atoms with van der Waals surface area (Å²) >= 11 is 0. The van der Waals surface area contributed by atoms with Gasteiger partial charge >= 0.3 is 12.0 Å². The number of esters is 1. The number of urea groups is 1. The molecular weight excluding hydrogens is 384 g/mol. The molecule has 7 nitrogen and oxygen atoms in total. The molecule has 158 valence electrons. The van der Waals surface area contributed by atoms with Crippen LogP contribution in [0.4, 0.5) is 4.79 Å². The molecule has 1 fully saturated rings. The average molecular weight is 410 g/mol. The summed E-state index contributed by atoms with van der Waals surface area (Å²) in [6, 6.07) is 14.0. The maximum absolute atomic E-state index is 12.4. The van der Waals surface area contributed by atoms with Crippen molar-refractivity contribution in [3.63, 3.8) is 0 Å². The van der Waals surface area contributed by atoms with Gasteiger partial charge in [0.05, 0.1) is 0 Å². The van der Waals surface area contributed by atoms with Crippen LogP contribution in [-0.2, 0) is 16.1 Å². The van der Waals surface area contributed by atoms with E-state index in [-0.39, 0.29) is 11.6 Å². The monoisotopic (exact) mass is 410 g/mol. The lowest BCUT2D eigenvalue weighted by Crippen LogP contribution is -2.45. The van der Waals surface area contributed by atoms with E-state index in [2.05, 4.69) is 10.6 Å². The molecule has 2 aromatic rings. The fourth-order valence-electron chi connectivity index (χ4n) is 3.35. The van der Waals surface area contributed by atoms with Crippen molar-refractivity contribution in [1.29, 1.82) is 0 Å². The number of nitrogens with one attached hydrogen (secondary N) is 2. The Labute approximate surface area is 175 Å². The Hall–Kier alpha value is -3.35. The van der Waals surface area contributed by atoms with E-state index >= 15 is 0 Å². The molecule has 1 saturated carbocycles. The number of imide groups is 1. The topological polar surface area (TPSA) is 93.7 Å². The second-order valence-corrected chi connectivity index (χ2v) is 7.29. The van der Waals surface area contributed by atoms with Crippen LogP contribution in [-0.4, -0.2) is 30.6 Å². The highest BCUT2D eigenvalue weighted by Crippen LogP contribution is 2.21. The highest BCUT2D eigenvalue weighted by atomic mass is 16.5. The zero-order valence-corrected chi connectivity index (χ0v) is 17.0. The average Bonchev–Trinajstić information content (AvgIpc) is 3.24. The number of aryl methyl sites for hydroxylation is 1. The van der Waals surface area contributed by atoms with Crippen molar-refractivity contribution in [1.82, 2.24) is 10.6 Å². The summed E-state index contributed by atoms with van der Waals surface area (Å²) in [6.45, 7) is 1.74. The van der Waals surface area contributed by atoms with Gasteiger partial charge in [0.1, 0.15) is 17.9 Å².